The first-order valence-electron chi connectivity index (χ1n) is 8.57. The first-order chi connectivity index (χ1) is 13.5. The highest BCUT2D eigenvalue weighted by Crippen LogP contribution is 2.25. The van der Waals surface area contributed by atoms with Crippen molar-refractivity contribution in [2.75, 3.05) is 23.3 Å². The minimum absolute atomic E-state index is 0.110. The molecule has 7 heteroatoms. The number of amides is 1. The Morgan fingerprint density at radius 2 is 1.46 bits per heavy atom. The van der Waals surface area contributed by atoms with Crippen LogP contribution in [0.15, 0.2) is 89.8 Å². The summed E-state index contributed by atoms with van der Waals surface area (Å²) in [4.78, 5) is 12.7. The van der Waals surface area contributed by atoms with Crippen LogP contribution in [0.25, 0.3) is 0 Å². The maximum atomic E-state index is 13.2. The number of ether oxygens (including phenoxy) is 1. The molecule has 3 rings (SSSR count). The van der Waals surface area contributed by atoms with Gasteiger partial charge in [0.15, 0.2) is 0 Å². The van der Waals surface area contributed by atoms with Gasteiger partial charge in [-0.25, -0.2) is 8.42 Å². The zero-order chi connectivity index (χ0) is 20.0. The molecule has 0 aliphatic carbocycles. The molecule has 144 valence electrons. The van der Waals surface area contributed by atoms with Gasteiger partial charge in [0.05, 0.1) is 17.7 Å². The van der Waals surface area contributed by atoms with Gasteiger partial charge in [0, 0.05) is 5.69 Å². The second-order valence-electron chi connectivity index (χ2n) is 5.94. The predicted molar refractivity (Wildman–Crippen MR) is 109 cm³/mol. The summed E-state index contributed by atoms with van der Waals surface area (Å²) >= 11 is 0. The van der Waals surface area contributed by atoms with E-state index in [1.165, 1.54) is 19.2 Å². The maximum Gasteiger partial charge on any atom is 0.264 e. The maximum absolute atomic E-state index is 13.2. The molecule has 0 atom stereocenters. The monoisotopic (exact) mass is 396 g/mol. The fraction of sp³-hybridized carbons (Fsp3) is 0.0952. The van der Waals surface area contributed by atoms with Crippen LogP contribution in [0.4, 0.5) is 11.4 Å². The molecule has 0 radical (unpaired) electrons. The average Bonchev–Trinajstić information content (AvgIpc) is 2.73. The molecule has 0 unspecified atom stereocenters. The van der Waals surface area contributed by atoms with Crippen LogP contribution in [0.1, 0.15) is 0 Å². The molecule has 3 aromatic carbocycles. The summed E-state index contributed by atoms with van der Waals surface area (Å²) in [5.74, 6) is 0.149. The van der Waals surface area contributed by atoms with Crippen molar-refractivity contribution in [1.82, 2.24) is 0 Å². The first kappa shape index (κ1) is 19.4. The van der Waals surface area contributed by atoms with Gasteiger partial charge < -0.3 is 10.1 Å². The number of hydrogen-bond acceptors (Lipinski definition) is 4. The summed E-state index contributed by atoms with van der Waals surface area (Å²) in [5, 5.41) is 2.72. The van der Waals surface area contributed by atoms with E-state index in [1.807, 2.05) is 6.07 Å². The summed E-state index contributed by atoms with van der Waals surface area (Å²) < 4.78 is 32.6. The van der Waals surface area contributed by atoms with E-state index in [4.69, 9.17) is 4.74 Å². The van der Waals surface area contributed by atoms with E-state index in [1.54, 1.807) is 66.7 Å². The molecule has 1 N–H and O–H groups in total. The van der Waals surface area contributed by atoms with Crippen LogP contribution in [0.2, 0.25) is 0 Å². The highest BCUT2D eigenvalue weighted by Gasteiger charge is 2.27. The largest absolute Gasteiger partial charge is 0.497 e. The van der Waals surface area contributed by atoms with Gasteiger partial charge in [0.1, 0.15) is 12.3 Å². The summed E-state index contributed by atoms with van der Waals surface area (Å²) in [6.45, 7) is -0.363. The van der Waals surface area contributed by atoms with Crippen molar-refractivity contribution < 1.29 is 17.9 Å². The van der Waals surface area contributed by atoms with Crippen LogP contribution in [0.3, 0.4) is 0 Å². The highest BCUT2D eigenvalue weighted by molar-refractivity contribution is 7.92. The number of para-hydroxylation sites is 1. The number of carbonyl (C=O) groups is 1. The van der Waals surface area contributed by atoms with Crippen LogP contribution in [-0.4, -0.2) is 28.0 Å². The molecule has 0 heterocycles. The van der Waals surface area contributed by atoms with Crippen molar-refractivity contribution in [3.63, 3.8) is 0 Å². The lowest BCUT2D eigenvalue weighted by molar-refractivity contribution is -0.114. The van der Waals surface area contributed by atoms with Crippen molar-refractivity contribution in [2.45, 2.75) is 4.90 Å². The molecular formula is C21H20N2O4S. The molecule has 0 fully saturated rings. The topological polar surface area (TPSA) is 75.7 Å². The van der Waals surface area contributed by atoms with Crippen LogP contribution in [0.5, 0.6) is 5.75 Å². The Balaban J connectivity index is 1.93. The summed E-state index contributed by atoms with van der Waals surface area (Å²) in [6.07, 6.45) is 0. The number of hydrogen-bond donors (Lipinski definition) is 1. The Morgan fingerprint density at radius 3 is 2.04 bits per heavy atom. The lowest BCUT2D eigenvalue weighted by atomic mass is 10.3. The number of anilines is 2. The van der Waals surface area contributed by atoms with Gasteiger partial charge in [-0.2, -0.15) is 0 Å². The van der Waals surface area contributed by atoms with E-state index in [0.29, 0.717) is 17.1 Å². The van der Waals surface area contributed by atoms with Gasteiger partial charge in [0.25, 0.3) is 10.0 Å². The molecule has 0 saturated carbocycles. The number of rotatable bonds is 7. The minimum atomic E-state index is -3.93. The minimum Gasteiger partial charge on any atom is -0.497 e. The number of nitrogens with one attached hydrogen (secondary N) is 1. The van der Waals surface area contributed by atoms with Crippen LogP contribution in [-0.2, 0) is 14.8 Å². The van der Waals surface area contributed by atoms with E-state index >= 15 is 0 Å². The fourth-order valence-electron chi connectivity index (χ4n) is 2.64. The van der Waals surface area contributed by atoms with Crippen molar-refractivity contribution >= 4 is 27.3 Å². The molecule has 3 aromatic rings. The second kappa shape index (κ2) is 8.58. The Hall–Kier alpha value is -3.32. The Bertz CT molecular complexity index is 1020. The lowest BCUT2D eigenvalue weighted by Gasteiger charge is -2.24. The summed E-state index contributed by atoms with van der Waals surface area (Å²) in [7, 11) is -2.40. The quantitative estimate of drug-likeness (QED) is 0.663. The third-order valence-corrected chi connectivity index (χ3v) is 5.82. The van der Waals surface area contributed by atoms with Crippen LogP contribution >= 0.6 is 0 Å². The fourth-order valence-corrected chi connectivity index (χ4v) is 4.08. The van der Waals surface area contributed by atoms with Crippen molar-refractivity contribution in [3.05, 3.63) is 84.9 Å². The van der Waals surface area contributed by atoms with Gasteiger partial charge in [-0.3, -0.25) is 9.10 Å². The SMILES string of the molecule is COc1ccc(N(CC(=O)Nc2ccccc2)S(=O)(=O)c2ccccc2)cc1. The van der Waals surface area contributed by atoms with Gasteiger partial charge in [0.2, 0.25) is 5.91 Å². The summed E-state index contributed by atoms with van der Waals surface area (Å²) in [6, 6.07) is 23.4. The molecular weight excluding hydrogens is 376 g/mol. The van der Waals surface area contributed by atoms with Crippen LogP contribution in [0, 0.1) is 0 Å². The van der Waals surface area contributed by atoms with Gasteiger partial charge in [-0.05, 0) is 48.5 Å². The first-order valence-corrected chi connectivity index (χ1v) is 10.0. The van der Waals surface area contributed by atoms with Crippen molar-refractivity contribution in [3.8, 4) is 5.75 Å². The lowest BCUT2D eigenvalue weighted by Crippen LogP contribution is -2.38. The zero-order valence-electron chi connectivity index (χ0n) is 15.3. The second-order valence-corrected chi connectivity index (χ2v) is 7.80. The van der Waals surface area contributed by atoms with Gasteiger partial charge in [-0.15, -0.1) is 0 Å². The average molecular weight is 396 g/mol. The molecule has 28 heavy (non-hydrogen) atoms. The molecule has 1 amide bonds. The Kier molecular flexibility index (Phi) is 5.96. The zero-order valence-corrected chi connectivity index (χ0v) is 16.1. The van der Waals surface area contributed by atoms with Crippen molar-refractivity contribution in [2.24, 2.45) is 0 Å². The molecule has 0 bridgehead atoms. The number of nitrogens with zero attached hydrogens (tertiary/aromatic N) is 1. The highest BCUT2D eigenvalue weighted by atomic mass is 32.2. The number of sulfonamides is 1. The molecule has 0 saturated heterocycles. The van der Waals surface area contributed by atoms with E-state index in [9.17, 15) is 13.2 Å². The normalized spacial score (nSPS) is 10.9. The molecule has 0 spiro atoms. The third kappa shape index (κ3) is 4.50. The standard InChI is InChI=1S/C21H20N2O4S/c1-27-19-14-12-18(13-15-19)23(28(25,26)20-10-6-3-7-11-20)16-21(24)22-17-8-4-2-5-9-17/h2-15H,16H2,1H3,(H,22,24). The third-order valence-electron chi connectivity index (χ3n) is 4.04. The smallest absolute Gasteiger partial charge is 0.264 e. The number of carbonyl (C=O) groups excluding carboxylic acids is 1. The molecule has 0 aliphatic heterocycles. The molecule has 6 nitrogen and oxygen atoms in total. The predicted octanol–water partition coefficient (Wildman–Crippen LogP) is 3.53. The number of benzene rings is 3. The Morgan fingerprint density at radius 1 is 0.893 bits per heavy atom. The van der Waals surface area contributed by atoms with Gasteiger partial charge in [-0.1, -0.05) is 36.4 Å². The Labute approximate surface area is 164 Å². The molecule has 0 aromatic heterocycles. The van der Waals surface area contributed by atoms with Crippen LogP contribution < -0.4 is 14.4 Å². The van der Waals surface area contributed by atoms with E-state index < -0.39 is 15.9 Å². The molecule has 0 aliphatic rings. The summed E-state index contributed by atoms with van der Waals surface area (Å²) in [5.41, 5.74) is 0.965. The van der Waals surface area contributed by atoms with Crippen molar-refractivity contribution in [1.29, 1.82) is 0 Å². The van der Waals surface area contributed by atoms with Gasteiger partial charge >= 0.3 is 0 Å². The van der Waals surface area contributed by atoms with E-state index in [2.05, 4.69) is 5.32 Å². The number of methoxy groups -OCH3 is 1. The van der Waals surface area contributed by atoms with E-state index in [-0.39, 0.29) is 11.4 Å². The van der Waals surface area contributed by atoms with E-state index in [0.717, 1.165) is 4.31 Å².